The Morgan fingerprint density at radius 2 is 0.631 bits per heavy atom. The van der Waals surface area contributed by atoms with Crippen LogP contribution in [-0.4, -0.2) is 37.2 Å². The minimum absolute atomic E-state index is 0.135. The molecule has 0 aliphatic carbocycles. The van der Waals surface area contributed by atoms with Crippen molar-refractivity contribution in [1.29, 1.82) is 0 Å². The highest BCUT2D eigenvalue weighted by molar-refractivity contribution is 5.71. The van der Waals surface area contributed by atoms with Gasteiger partial charge >= 0.3 is 17.9 Å². The lowest BCUT2D eigenvalue weighted by atomic mass is 10.1. The molecular formula is C59H88O6. The fraction of sp³-hybridized carbons (Fsp3) is 0.508. The van der Waals surface area contributed by atoms with Gasteiger partial charge in [-0.3, -0.25) is 14.4 Å². The van der Waals surface area contributed by atoms with Gasteiger partial charge in [0.05, 0.1) is 0 Å². The van der Waals surface area contributed by atoms with E-state index >= 15 is 0 Å². The molecule has 0 N–H and O–H groups in total. The zero-order chi connectivity index (χ0) is 47.2. The molecule has 0 amide bonds. The average Bonchev–Trinajstić information content (AvgIpc) is 3.30. The number of unbranched alkanes of at least 4 members (excludes halogenated alkanes) is 5. The van der Waals surface area contributed by atoms with Crippen LogP contribution >= 0.6 is 0 Å². The SMILES string of the molecule is CC/C=C\C/C=C\C/C=C\C/C=C\C/C=C\C/C=C\C/C=C\CCCC(=O)OCC(COC(=O)CCCCCCC)OC(=O)CC/C=C\C/C=C\C/C=C\C/C=C\C/C=C\C/C=C\CC. The van der Waals surface area contributed by atoms with E-state index < -0.39 is 12.1 Å². The summed E-state index contributed by atoms with van der Waals surface area (Å²) in [4.78, 5) is 37.6. The van der Waals surface area contributed by atoms with E-state index in [1.54, 1.807) is 0 Å². The maximum absolute atomic E-state index is 12.7. The highest BCUT2D eigenvalue weighted by Gasteiger charge is 2.19. The van der Waals surface area contributed by atoms with Crippen LogP contribution in [0.25, 0.3) is 0 Å². The third-order valence-corrected chi connectivity index (χ3v) is 9.54. The molecule has 0 saturated heterocycles. The van der Waals surface area contributed by atoms with Crippen LogP contribution in [-0.2, 0) is 28.6 Å². The van der Waals surface area contributed by atoms with Crippen LogP contribution in [0.15, 0.2) is 158 Å². The largest absolute Gasteiger partial charge is 0.462 e. The number of hydrogen-bond acceptors (Lipinski definition) is 6. The lowest BCUT2D eigenvalue weighted by Crippen LogP contribution is -2.30. The molecule has 0 rings (SSSR count). The molecule has 0 saturated carbocycles. The van der Waals surface area contributed by atoms with Gasteiger partial charge in [-0.05, 0) is 109 Å². The maximum Gasteiger partial charge on any atom is 0.306 e. The predicted octanol–water partition coefficient (Wildman–Crippen LogP) is 16.6. The van der Waals surface area contributed by atoms with Crippen LogP contribution in [0, 0.1) is 0 Å². The zero-order valence-electron chi connectivity index (χ0n) is 40.9. The van der Waals surface area contributed by atoms with Crippen molar-refractivity contribution in [1.82, 2.24) is 0 Å². The van der Waals surface area contributed by atoms with Crippen LogP contribution in [0.1, 0.15) is 175 Å². The smallest absolute Gasteiger partial charge is 0.306 e. The molecule has 0 aromatic carbocycles. The molecule has 1 atom stereocenters. The topological polar surface area (TPSA) is 78.9 Å². The first-order valence-corrected chi connectivity index (χ1v) is 25.0. The third-order valence-electron chi connectivity index (χ3n) is 9.54. The molecule has 0 spiro atoms. The Morgan fingerprint density at radius 1 is 0.323 bits per heavy atom. The molecule has 360 valence electrons. The van der Waals surface area contributed by atoms with Crippen molar-refractivity contribution >= 4 is 17.9 Å². The van der Waals surface area contributed by atoms with E-state index in [1.807, 2.05) is 12.2 Å². The van der Waals surface area contributed by atoms with Gasteiger partial charge in [0.25, 0.3) is 0 Å². The van der Waals surface area contributed by atoms with Gasteiger partial charge in [-0.1, -0.05) is 204 Å². The molecule has 6 heteroatoms. The highest BCUT2D eigenvalue weighted by atomic mass is 16.6. The van der Waals surface area contributed by atoms with Crippen molar-refractivity contribution in [3.05, 3.63) is 158 Å². The van der Waals surface area contributed by atoms with Crippen LogP contribution < -0.4 is 0 Å². The lowest BCUT2D eigenvalue weighted by molar-refractivity contribution is -0.166. The van der Waals surface area contributed by atoms with Crippen LogP contribution in [0.2, 0.25) is 0 Å². The van der Waals surface area contributed by atoms with E-state index in [4.69, 9.17) is 14.2 Å². The standard InChI is InChI=1S/C59H88O6/c1-4-7-10-13-15-17-19-21-23-25-27-28-29-30-32-33-35-37-39-41-43-46-49-52-58(61)64-55-56(54-63-57(60)51-48-45-12-9-6-3)65-59(62)53-50-47-44-42-40-38-36-34-31-26-24-22-20-18-16-14-11-8-5-2/h7-8,10-11,15-18,21-24,27-28,30-32,34-35,37-38,40-41,43-44,47,56H,4-6,9,12-14,19-20,25-26,29,33,36,39,42,45-46,48-55H2,1-3H3/b10-7-,11-8-,17-15-,18-16-,23-21-,24-22-,28-27-,32-30-,34-31-,37-35-,40-38-,43-41-,47-44-. The third kappa shape index (κ3) is 49.9. The van der Waals surface area contributed by atoms with Gasteiger partial charge in [-0.15, -0.1) is 0 Å². The van der Waals surface area contributed by atoms with Crippen molar-refractivity contribution in [3.63, 3.8) is 0 Å². The summed E-state index contributed by atoms with van der Waals surface area (Å²) in [6, 6.07) is 0. The van der Waals surface area contributed by atoms with E-state index in [0.29, 0.717) is 19.3 Å². The van der Waals surface area contributed by atoms with E-state index in [9.17, 15) is 14.4 Å². The van der Waals surface area contributed by atoms with Gasteiger partial charge in [0.15, 0.2) is 6.10 Å². The second-order valence-corrected chi connectivity index (χ2v) is 15.6. The number of esters is 3. The predicted molar refractivity (Wildman–Crippen MR) is 278 cm³/mol. The first kappa shape index (κ1) is 60.0. The van der Waals surface area contributed by atoms with Gasteiger partial charge in [0, 0.05) is 19.3 Å². The fourth-order valence-corrected chi connectivity index (χ4v) is 5.87. The molecule has 1 unspecified atom stereocenters. The molecule has 0 aliphatic rings. The number of carbonyl (C=O) groups excluding carboxylic acids is 3. The average molecular weight is 893 g/mol. The molecule has 6 nitrogen and oxygen atoms in total. The highest BCUT2D eigenvalue weighted by Crippen LogP contribution is 2.09. The lowest BCUT2D eigenvalue weighted by Gasteiger charge is -2.18. The van der Waals surface area contributed by atoms with Crippen molar-refractivity contribution in [3.8, 4) is 0 Å². The number of ether oxygens (including phenoxy) is 3. The minimum atomic E-state index is -0.845. The van der Waals surface area contributed by atoms with Crippen molar-refractivity contribution in [2.24, 2.45) is 0 Å². The Balaban J connectivity index is 4.44. The summed E-state index contributed by atoms with van der Waals surface area (Å²) in [7, 11) is 0. The summed E-state index contributed by atoms with van der Waals surface area (Å²) >= 11 is 0. The number of allylic oxidation sites excluding steroid dienone is 26. The molecule has 0 aliphatic heterocycles. The summed E-state index contributed by atoms with van der Waals surface area (Å²) < 4.78 is 16.5. The van der Waals surface area contributed by atoms with E-state index in [1.165, 1.54) is 0 Å². The monoisotopic (exact) mass is 893 g/mol. The molecule has 0 bridgehead atoms. The van der Waals surface area contributed by atoms with Crippen LogP contribution in [0.3, 0.4) is 0 Å². The summed E-state index contributed by atoms with van der Waals surface area (Å²) in [6.07, 6.45) is 75.7. The van der Waals surface area contributed by atoms with Crippen LogP contribution in [0.4, 0.5) is 0 Å². The van der Waals surface area contributed by atoms with E-state index in [0.717, 1.165) is 122 Å². The number of rotatable bonds is 42. The molecule has 0 heterocycles. The van der Waals surface area contributed by atoms with Crippen molar-refractivity contribution < 1.29 is 28.6 Å². The molecule has 0 radical (unpaired) electrons. The molecule has 0 aromatic heterocycles. The Hall–Kier alpha value is -4.97. The quantitative estimate of drug-likeness (QED) is 0.0263. The van der Waals surface area contributed by atoms with Crippen LogP contribution in [0.5, 0.6) is 0 Å². The van der Waals surface area contributed by atoms with Crippen molar-refractivity contribution in [2.45, 2.75) is 181 Å². The molecular weight excluding hydrogens is 805 g/mol. The van der Waals surface area contributed by atoms with Gasteiger partial charge in [0.2, 0.25) is 0 Å². The maximum atomic E-state index is 12.7. The Kier molecular flexibility index (Phi) is 47.7. The molecule has 0 fully saturated rings. The summed E-state index contributed by atoms with van der Waals surface area (Å²) in [5.41, 5.74) is 0. The summed E-state index contributed by atoms with van der Waals surface area (Å²) in [5, 5.41) is 0. The minimum Gasteiger partial charge on any atom is -0.462 e. The first-order valence-electron chi connectivity index (χ1n) is 25.0. The number of hydrogen-bond donors (Lipinski definition) is 0. The summed E-state index contributed by atoms with van der Waals surface area (Å²) in [6.45, 7) is 6.17. The Labute approximate surface area is 397 Å². The molecule has 65 heavy (non-hydrogen) atoms. The summed E-state index contributed by atoms with van der Waals surface area (Å²) in [5.74, 6) is -1.11. The second-order valence-electron chi connectivity index (χ2n) is 15.6. The van der Waals surface area contributed by atoms with E-state index in [-0.39, 0.29) is 38.0 Å². The normalized spacial score (nSPS) is 13.5. The second kappa shape index (κ2) is 51.7. The van der Waals surface area contributed by atoms with E-state index in [2.05, 4.69) is 167 Å². The Morgan fingerprint density at radius 3 is 0.985 bits per heavy atom. The number of carbonyl (C=O) groups is 3. The van der Waals surface area contributed by atoms with Crippen molar-refractivity contribution in [2.75, 3.05) is 13.2 Å². The van der Waals surface area contributed by atoms with Gasteiger partial charge < -0.3 is 14.2 Å². The Bertz CT molecular complexity index is 1540. The molecule has 0 aromatic rings. The van der Waals surface area contributed by atoms with Gasteiger partial charge in [-0.25, -0.2) is 0 Å². The zero-order valence-corrected chi connectivity index (χ0v) is 40.9. The fourth-order valence-electron chi connectivity index (χ4n) is 5.87. The van der Waals surface area contributed by atoms with Gasteiger partial charge in [-0.2, -0.15) is 0 Å². The van der Waals surface area contributed by atoms with Gasteiger partial charge in [0.1, 0.15) is 13.2 Å². The first-order chi connectivity index (χ1) is 32.0.